The lowest BCUT2D eigenvalue weighted by Gasteiger charge is -2.14. The van der Waals surface area contributed by atoms with Gasteiger partial charge in [-0.05, 0) is 31.2 Å². The summed E-state index contributed by atoms with van der Waals surface area (Å²) in [6, 6.07) is 0. The Morgan fingerprint density at radius 2 is 1.71 bits per heavy atom. The van der Waals surface area contributed by atoms with E-state index in [1.54, 1.807) is 0 Å². The Morgan fingerprint density at radius 3 is 2.12 bits per heavy atom. The Hall–Kier alpha value is -0.250. The van der Waals surface area contributed by atoms with Crippen molar-refractivity contribution < 1.29 is 13.2 Å². The number of nitrogens with zero attached hydrogens (tertiary/aromatic N) is 1. The highest BCUT2D eigenvalue weighted by Gasteiger charge is 2.22. The summed E-state index contributed by atoms with van der Waals surface area (Å²) < 4.78 is 31.2. The molecule has 17 heavy (non-hydrogen) atoms. The van der Waals surface area contributed by atoms with Crippen molar-refractivity contribution in [2.45, 2.75) is 40.5 Å². The number of halogens is 3. The maximum Gasteiger partial charge on any atom is 0.229 e. The highest BCUT2D eigenvalue weighted by Crippen LogP contribution is 2.22. The fourth-order valence-corrected chi connectivity index (χ4v) is 2.09. The van der Waals surface area contributed by atoms with E-state index in [1.165, 1.54) is 12.8 Å². The van der Waals surface area contributed by atoms with Crippen LogP contribution in [0.3, 0.4) is 0 Å². The molecule has 106 valence electrons. The Balaban J connectivity index is 0. The minimum Gasteiger partial charge on any atom is -0.300 e. The molecule has 1 unspecified atom stereocenters. The average Bonchev–Trinajstić information content (AvgIpc) is 2.69. The molecular formula is C13H28F3N. The molecule has 0 N–H and O–H groups in total. The van der Waals surface area contributed by atoms with Gasteiger partial charge in [0.05, 0.1) is 0 Å². The summed E-state index contributed by atoms with van der Waals surface area (Å²) in [4.78, 5) is 2.24. The van der Waals surface area contributed by atoms with E-state index in [1.807, 2.05) is 13.8 Å². The van der Waals surface area contributed by atoms with Crippen LogP contribution in [-0.4, -0.2) is 38.1 Å². The van der Waals surface area contributed by atoms with Crippen LogP contribution in [0, 0.1) is 11.8 Å². The zero-order chi connectivity index (χ0) is 13.7. The van der Waals surface area contributed by atoms with E-state index in [-0.39, 0.29) is 6.67 Å². The Morgan fingerprint density at radius 1 is 1.18 bits per heavy atom. The highest BCUT2D eigenvalue weighted by molar-refractivity contribution is 4.75. The first-order chi connectivity index (χ1) is 8.13. The van der Waals surface area contributed by atoms with Crippen LogP contribution in [0.25, 0.3) is 0 Å². The van der Waals surface area contributed by atoms with Gasteiger partial charge in [-0.3, -0.25) is 0 Å². The van der Waals surface area contributed by atoms with E-state index in [0.29, 0.717) is 6.54 Å². The van der Waals surface area contributed by atoms with Gasteiger partial charge in [0.1, 0.15) is 6.67 Å². The SMILES string of the molecule is CC.CC(C)CC1CCN(CCF)C1.FCF. The van der Waals surface area contributed by atoms with Crippen LogP contribution in [-0.2, 0) is 0 Å². The van der Waals surface area contributed by atoms with Crippen molar-refractivity contribution in [1.29, 1.82) is 0 Å². The Labute approximate surface area is 104 Å². The first-order valence-electron chi connectivity index (χ1n) is 6.54. The van der Waals surface area contributed by atoms with Crippen molar-refractivity contribution in [2.75, 3.05) is 33.2 Å². The molecule has 1 saturated heterocycles. The quantitative estimate of drug-likeness (QED) is 0.726. The van der Waals surface area contributed by atoms with Crippen LogP contribution < -0.4 is 0 Å². The third kappa shape index (κ3) is 12.0. The minimum atomic E-state index is -1.75. The zero-order valence-corrected chi connectivity index (χ0v) is 11.7. The van der Waals surface area contributed by atoms with E-state index in [2.05, 4.69) is 18.7 Å². The summed E-state index contributed by atoms with van der Waals surface area (Å²) >= 11 is 0. The number of likely N-dealkylation sites (tertiary alicyclic amines) is 1. The number of hydrogen-bond acceptors (Lipinski definition) is 1. The summed E-state index contributed by atoms with van der Waals surface area (Å²) in [7, 11) is 0. The fraction of sp³-hybridized carbons (Fsp3) is 1.00. The summed E-state index contributed by atoms with van der Waals surface area (Å²) in [6.07, 6.45) is 2.58. The second-order valence-corrected chi connectivity index (χ2v) is 4.37. The third-order valence-corrected chi connectivity index (χ3v) is 2.58. The molecule has 1 heterocycles. The Kier molecular flexibility index (Phi) is 15.5. The standard InChI is InChI=1S/C10H20FN.C2H6.CH2F2/c1-9(2)7-10-3-5-12(8-10)6-4-11;1-2;2-1-3/h9-10H,3-8H2,1-2H3;1-2H3;1H2. The smallest absolute Gasteiger partial charge is 0.229 e. The maximum atomic E-state index is 12.0. The predicted molar refractivity (Wildman–Crippen MR) is 68.4 cm³/mol. The maximum absolute atomic E-state index is 12.0. The molecule has 0 aromatic heterocycles. The van der Waals surface area contributed by atoms with Gasteiger partial charge in [0.2, 0.25) is 6.93 Å². The van der Waals surface area contributed by atoms with Crippen LogP contribution in [0.2, 0.25) is 0 Å². The van der Waals surface area contributed by atoms with Crippen LogP contribution >= 0.6 is 0 Å². The molecule has 1 aliphatic heterocycles. The molecule has 1 rings (SSSR count). The lowest BCUT2D eigenvalue weighted by atomic mass is 9.97. The van der Waals surface area contributed by atoms with Gasteiger partial charge >= 0.3 is 0 Å². The molecule has 0 amide bonds. The molecule has 0 radical (unpaired) electrons. The van der Waals surface area contributed by atoms with Crippen molar-refractivity contribution >= 4 is 0 Å². The Bertz CT molecular complexity index is 143. The normalized spacial score (nSPS) is 19.4. The molecule has 0 aromatic rings. The van der Waals surface area contributed by atoms with Gasteiger partial charge in [-0.1, -0.05) is 27.7 Å². The van der Waals surface area contributed by atoms with E-state index in [9.17, 15) is 13.2 Å². The number of alkyl halides is 3. The second kappa shape index (κ2) is 13.8. The molecule has 0 spiro atoms. The van der Waals surface area contributed by atoms with E-state index in [0.717, 1.165) is 24.9 Å². The van der Waals surface area contributed by atoms with E-state index < -0.39 is 6.93 Å². The van der Waals surface area contributed by atoms with Crippen molar-refractivity contribution in [3.63, 3.8) is 0 Å². The van der Waals surface area contributed by atoms with Crippen LogP contribution in [0.1, 0.15) is 40.5 Å². The number of rotatable bonds is 4. The summed E-state index contributed by atoms with van der Waals surface area (Å²) in [6.45, 7) is 9.47. The van der Waals surface area contributed by atoms with Gasteiger partial charge in [-0.2, -0.15) is 0 Å². The molecular weight excluding hydrogens is 227 g/mol. The monoisotopic (exact) mass is 255 g/mol. The van der Waals surface area contributed by atoms with Crippen LogP contribution in [0.4, 0.5) is 13.2 Å². The van der Waals surface area contributed by atoms with Gasteiger partial charge in [-0.15, -0.1) is 0 Å². The first kappa shape index (κ1) is 19.1. The topological polar surface area (TPSA) is 3.24 Å². The summed E-state index contributed by atoms with van der Waals surface area (Å²) in [5, 5.41) is 0. The van der Waals surface area contributed by atoms with Gasteiger partial charge in [0.25, 0.3) is 0 Å². The second-order valence-electron chi connectivity index (χ2n) is 4.37. The molecule has 0 aliphatic carbocycles. The van der Waals surface area contributed by atoms with E-state index in [4.69, 9.17) is 0 Å². The van der Waals surface area contributed by atoms with Crippen molar-refractivity contribution in [1.82, 2.24) is 4.90 Å². The summed E-state index contributed by atoms with van der Waals surface area (Å²) in [5.41, 5.74) is 0. The third-order valence-electron chi connectivity index (χ3n) is 2.58. The molecule has 0 bridgehead atoms. The van der Waals surface area contributed by atoms with Gasteiger partial charge in [0, 0.05) is 13.1 Å². The predicted octanol–water partition coefficient (Wildman–Crippen LogP) is 4.23. The van der Waals surface area contributed by atoms with Gasteiger partial charge in [-0.25, -0.2) is 13.2 Å². The van der Waals surface area contributed by atoms with E-state index >= 15 is 0 Å². The lowest BCUT2D eigenvalue weighted by molar-refractivity contribution is 0.281. The molecule has 1 nitrogen and oxygen atoms in total. The van der Waals surface area contributed by atoms with Crippen molar-refractivity contribution in [3.05, 3.63) is 0 Å². The zero-order valence-electron chi connectivity index (χ0n) is 11.7. The summed E-state index contributed by atoms with van der Waals surface area (Å²) in [5.74, 6) is 1.62. The molecule has 0 aromatic carbocycles. The lowest BCUT2D eigenvalue weighted by Crippen LogP contribution is -2.23. The highest BCUT2D eigenvalue weighted by atomic mass is 19.3. The van der Waals surface area contributed by atoms with Crippen LogP contribution in [0.15, 0.2) is 0 Å². The van der Waals surface area contributed by atoms with Crippen molar-refractivity contribution in [2.24, 2.45) is 11.8 Å². The molecule has 1 aliphatic rings. The van der Waals surface area contributed by atoms with Crippen molar-refractivity contribution in [3.8, 4) is 0 Å². The first-order valence-corrected chi connectivity index (χ1v) is 6.54. The average molecular weight is 255 g/mol. The van der Waals surface area contributed by atoms with Gasteiger partial charge < -0.3 is 4.90 Å². The fourth-order valence-electron chi connectivity index (χ4n) is 2.09. The number of hydrogen-bond donors (Lipinski definition) is 0. The molecule has 4 heteroatoms. The van der Waals surface area contributed by atoms with Gasteiger partial charge in [0.15, 0.2) is 0 Å². The molecule has 1 atom stereocenters. The largest absolute Gasteiger partial charge is 0.300 e. The minimum absolute atomic E-state index is 0.186. The molecule has 0 saturated carbocycles. The van der Waals surface area contributed by atoms with Crippen LogP contribution in [0.5, 0.6) is 0 Å². The molecule has 1 fully saturated rings.